The van der Waals surface area contributed by atoms with Crippen molar-refractivity contribution < 1.29 is 19.2 Å². The van der Waals surface area contributed by atoms with Crippen LogP contribution in [0.25, 0.3) is 0 Å². The van der Waals surface area contributed by atoms with Crippen LogP contribution in [0.2, 0.25) is 0 Å². The van der Waals surface area contributed by atoms with Crippen LogP contribution in [0.1, 0.15) is 29.6 Å². The minimum atomic E-state index is -0.612. The molecule has 0 aromatic carbocycles. The van der Waals surface area contributed by atoms with Gasteiger partial charge in [-0.15, -0.1) is 0 Å². The van der Waals surface area contributed by atoms with Crippen LogP contribution in [0.3, 0.4) is 0 Å². The summed E-state index contributed by atoms with van der Waals surface area (Å²) in [5, 5.41) is 5.40. The normalized spacial score (nSPS) is 19.8. The van der Waals surface area contributed by atoms with E-state index in [4.69, 9.17) is 0 Å². The van der Waals surface area contributed by atoms with Crippen LogP contribution in [0.5, 0.6) is 0 Å². The molecule has 166 valence electrons. The summed E-state index contributed by atoms with van der Waals surface area (Å²) in [6, 6.07) is 5.55. The van der Waals surface area contributed by atoms with Crippen LogP contribution in [-0.4, -0.2) is 75.1 Å². The number of hydrogen-bond acceptors (Lipinski definition) is 6. The lowest BCUT2D eigenvalue weighted by Gasteiger charge is -2.39. The minimum absolute atomic E-state index is 0.221. The Morgan fingerprint density at radius 3 is 2.31 bits per heavy atom. The van der Waals surface area contributed by atoms with Crippen molar-refractivity contribution in [2.75, 3.05) is 25.0 Å². The standard InChI is InChI=1S/C22H24N6O4/c29-19(27-10-3-6-17(27)21(31)26-16-5-2-9-24-13-16)14-25-20(30)18-7-11-28(18)22(32)15-4-1-8-23-12-15/h1-2,4-5,8-9,12-13,17-18H,3,6-7,10-11,14H2,(H,25,30)(H,26,31)/t17-,18-/m0/s1. The molecule has 2 aromatic rings. The lowest BCUT2D eigenvalue weighted by molar-refractivity contribution is -0.138. The fourth-order valence-corrected chi connectivity index (χ4v) is 3.94. The summed E-state index contributed by atoms with van der Waals surface area (Å²) >= 11 is 0. The van der Waals surface area contributed by atoms with Gasteiger partial charge in [0.15, 0.2) is 0 Å². The smallest absolute Gasteiger partial charge is 0.256 e. The average Bonchev–Trinajstić information content (AvgIpc) is 3.28. The monoisotopic (exact) mass is 436 g/mol. The number of carbonyl (C=O) groups excluding carboxylic acids is 4. The third-order valence-corrected chi connectivity index (χ3v) is 5.71. The molecule has 10 nitrogen and oxygen atoms in total. The number of carbonyl (C=O) groups is 4. The molecular formula is C22H24N6O4. The number of nitrogens with zero attached hydrogens (tertiary/aromatic N) is 4. The van der Waals surface area contributed by atoms with Crippen LogP contribution in [0.4, 0.5) is 5.69 Å². The fourth-order valence-electron chi connectivity index (χ4n) is 3.94. The molecule has 10 heteroatoms. The molecule has 4 amide bonds. The van der Waals surface area contributed by atoms with Crippen molar-refractivity contribution in [2.24, 2.45) is 0 Å². The first-order valence-electron chi connectivity index (χ1n) is 10.5. The maximum atomic E-state index is 12.7. The SMILES string of the molecule is O=C(Nc1cccnc1)[C@@H]1CCCN1C(=O)CNC(=O)[C@@H]1CCN1C(=O)c1cccnc1. The Bertz CT molecular complexity index is 1000. The van der Waals surface area contributed by atoms with Crippen molar-refractivity contribution in [3.05, 3.63) is 54.6 Å². The van der Waals surface area contributed by atoms with Gasteiger partial charge in [0, 0.05) is 31.7 Å². The van der Waals surface area contributed by atoms with Gasteiger partial charge in [-0.3, -0.25) is 29.1 Å². The molecule has 4 heterocycles. The maximum Gasteiger partial charge on any atom is 0.256 e. The van der Waals surface area contributed by atoms with Gasteiger partial charge in [0.1, 0.15) is 12.1 Å². The molecule has 2 aliphatic rings. The Morgan fingerprint density at radius 1 is 0.906 bits per heavy atom. The van der Waals surface area contributed by atoms with Crippen LogP contribution in [0.15, 0.2) is 49.1 Å². The number of amides is 4. The molecule has 2 saturated heterocycles. The highest BCUT2D eigenvalue weighted by Crippen LogP contribution is 2.21. The Balaban J connectivity index is 1.29. The second-order valence-corrected chi connectivity index (χ2v) is 7.74. The van der Waals surface area contributed by atoms with E-state index in [0.717, 1.165) is 0 Å². The Kier molecular flexibility index (Phi) is 6.39. The van der Waals surface area contributed by atoms with Crippen molar-refractivity contribution in [1.82, 2.24) is 25.1 Å². The van der Waals surface area contributed by atoms with Gasteiger partial charge in [0.2, 0.25) is 17.7 Å². The van der Waals surface area contributed by atoms with Crippen LogP contribution in [0, 0.1) is 0 Å². The molecule has 0 radical (unpaired) electrons. The van der Waals surface area contributed by atoms with E-state index in [1.54, 1.807) is 36.7 Å². The maximum absolute atomic E-state index is 12.7. The third-order valence-electron chi connectivity index (χ3n) is 5.71. The first-order valence-corrected chi connectivity index (χ1v) is 10.5. The van der Waals surface area contributed by atoms with E-state index in [9.17, 15) is 19.2 Å². The largest absolute Gasteiger partial charge is 0.345 e. The van der Waals surface area contributed by atoms with Crippen molar-refractivity contribution >= 4 is 29.3 Å². The summed E-state index contributed by atoms with van der Waals surface area (Å²) in [5.74, 6) is -1.24. The summed E-state index contributed by atoms with van der Waals surface area (Å²) in [7, 11) is 0. The van der Waals surface area contributed by atoms with E-state index in [-0.39, 0.29) is 30.2 Å². The average molecular weight is 436 g/mol. The van der Waals surface area contributed by atoms with Gasteiger partial charge in [0.25, 0.3) is 5.91 Å². The molecule has 0 saturated carbocycles. The topological polar surface area (TPSA) is 125 Å². The first kappa shape index (κ1) is 21.4. The second kappa shape index (κ2) is 9.54. The molecular weight excluding hydrogens is 412 g/mol. The van der Waals surface area contributed by atoms with E-state index in [1.807, 2.05) is 0 Å². The van der Waals surface area contributed by atoms with Crippen LogP contribution >= 0.6 is 0 Å². The molecule has 0 unspecified atom stereocenters. The van der Waals surface area contributed by atoms with E-state index in [2.05, 4.69) is 20.6 Å². The van der Waals surface area contributed by atoms with Gasteiger partial charge in [0.05, 0.1) is 24.0 Å². The Labute approximate surface area is 185 Å². The number of anilines is 1. The highest BCUT2D eigenvalue weighted by Gasteiger charge is 2.39. The lowest BCUT2D eigenvalue weighted by atomic mass is 10.0. The van der Waals surface area contributed by atoms with E-state index in [1.165, 1.54) is 22.2 Å². The molecule has 0 bridgehead atoms. The molecule has 0 aliphatic carbocycles. The quantitative estimate of drug-likeness (QED) is 0.677. The number of likely N-dealkylation sites (tertiary alicyclic amines) is 2. The highest BCUT2D eigenvalue weighted by atomic mass is 16.2. The molecule has 2 N–H and O–H groups in total. The zero-order valence-corrected chi connectivity index (χ0v) is 17.4. The lowest BCUT2D eigenvalue weighted by Crippen LogP contribution is -2.59. The predicted molar refractivity (Wildman–Crippen MR) is 114 cm³/mol. The molecule has 2 aliphatic heterocycles. The Morgan fingerprint density at radius 2 is 1.66 bits per heavy atom. The van der Waals surface area contributed by atoms with Crippen molar-refractivity contribution in [3.63, 3.8) is 0 Å². The van der Waals surface area contributed by atoms with Crippen LogP contribution < -0.4 is 10.6 Å². The van der Waals surface area contributed by atoms with Crippen molar-refractivity contribution in [2.45, 2.75) is 31.3 Å². The van der Waals surface area contributed by atoms with Crippen LogP contribution in [-0.2, 0) is 14.4 Å². The molecule has 0 spiro atoms. The predicted octanol–water partition coefficient (Wildman–Crippen LogP) is 0.437. The fraction of sp³-hybridized carbons (Fsp3) is 0.364. The molecule has 32 heavy (non-hydrogen) atoms. The van der Waals surface area contributed by atoms with Crippen molar-refractivity contribution in [1.29, 1.82) is 0 Å². The minimum Gasteiger partial charge on any atom is -0.345 e. The summed E-state index contributed by atoms with van der Waals surface area (Å²) in [5.41, 5.74) is 0.981. The number of aromatic nitrogens is 2. The van der Waals surface area contributed by atoms with Gasteiger partial charge in [-0.25, -0.2) is 0 Å². The second-order valence-electron chi connectivity index (χ2n) is 7.74. The van der Waals surface area contributed by atoms with Gasteiger partial charge in [-0.05, 0) is 43.5 Å². The van der Waals surface area contributed by atoms with Gasteiger partial charge in [-0.2, -0.15) is 0 Å². The van der Waals surface area contributed by atoms with Gasteiger partial charge in [-0.1, -0.05) is 0 Å². The summed E-state index contributed by atoms with van der Waals surface area (Å²) in [6.45, 7) is 0.707. The van der Waals surface area contributed by atoms with E-state index >= 15 is 0 Å². The number of rotatable bonds is 6. The summed E-state index contributed by atoms with van der Waals surface area (Å²) < 4.78 is 0. The number of nitrogens with one attached hydrogen (secondary N) is 2. The molecule has 2 atom stereocenters. The zero-order chi connectivity index (χ0) is 22.5. The van der Waals surface area contributed by atoms with Gasteiger partial charge >= 0.3 is 0 Å². The van der Waals surface area contributed by atoms with Crippen molar-refractivity contribution in [3.8, 4) is 0 Å². The number of pyridine rings is 2. The van der Waals surface area contributed by atoms with E-state index in [0.29, 0.717) is 43.6 Å². The molecule has 2 aromatic heterocycles. The first-order chi connectivity index (χ1) is 15.5. The third kappa shape index (κ3) is 4.58. The Hall–Kier alpha value is -3.82. The zero-order valence-electron chi connectivity index (χ0n) is 17.4. The summed E-state index contributed by atoms with van der Waals surface area (Å²) in [6.07, 6.45) is 7.98. The summed E-state index contributed by atoms with van der Waals surface area (Å²) in [4.78, 5) is 61.3. The van der Waals surface area contributed by atoms with E-state index < -0.39 is 12.1 Å². The highest BCUT2D eigenvalue weighted by molar-refractivity contribution is 6.00. The van der Waals surface area contributed by atoms with Gasteiger partial charge < -0.3 is 20.4 Å². The number of hydrogen-bond donors (Lipinski definition) is 2. The molecule has 2 fully saturated rings. The molecule has 4 rings (SSSR count).